The average molecular weight is 538 g/mol. The van der Waals surface area contributed by atoms with Crippen molar-refractivity contribution in [1.82, 2.24) is 0 Å². The van der Waals surface area contributed by atoms with Gasteiger partial charge in [0.15, 0.2) is 12.4 Å². The highest BCUT2D eigenvalue weighted by molar-refractivity contribution is 7.17. The summed E-state index contributed by atoms with van der Waals surface area (Å²) in [6, 6.07) is 15.1. The van der Waals surface area contributed by atoms with Gasteiger partial charge in [-0.2, -0.15) is 0 Å². The van der Waals surface area contributed by atoms with E-state index in [4.69, 9.17) is 9.47 Å². The highest BCUT2D eigenvalue weighted by atomic mass is 32.1. The molecule has 1 aliphatic rings. The van der Waals surface area contributed by atoms with E-state index >= 15 is 0 Å². The first-order valence-electron chi connectivity index (χ1n) is 12.5. The summed E-state index contributed by atoms with van der Waals surface area (Å²) in [7, 11) is 0. The number of ether oxygens (including phenoxy) is 2. The van der Waals surface area contributed by atoms with Crippen LogP contribution in [0, 0.1) is 5.82 Å². The molecule has 0 spiro atoms. The molecule has 0 saturated carbocycles. The molecular formula is C29H28FNO6S. The van der Waals surface area contributed by atoms with Gasteiger partial charge < -0.3 is 14.8 Å². The minimum Gasteiger partial charge on any atom is -0.462 e. The van der Waals surface area contributed by atoms with Crippen LogP contribution in [-0.2, 0) is 31.9 Å². The predicted octanol–water partition coefficient (Wildman–Crippen LogP) is 5.48. The first-order chi connectivity index (χ1) is 18.4. The summed E-state index contributed by atoms with van der Waals surface area (Å²) in [4.78, 5) is 50.7. The van der Waals surface area contributed by atoms with Gasteiger partial charge in [0, 0.05) is 16.9 Å². The fourth-order valence-electron chi connectivity index (χ4n) is 4.44. The van der Waals surface area contributed by atoms with Crippen LogP contribution < -0.4 is 5.32 Å². The summed E-state index contributed by atoms with van der Waals surface area (Å²) in [6.07, 6.45) is 1.93. The summed E-state index contributed by atoms with van der Waals surface area (Å²) in [5.41, 5.74) is 2.76. The third-order valence-electron chi connectivity index (χ3n) is 6.36. The normalized spacial score (nSPS) is 14.3. The lowest BCUT2D eigenvalue weighted by Gasteiger charge is -2.23. The van der Waals surface area contributed by atoms with Gasteiger partial charge >= 0.3 is 11.9 Å². The molecule has 0 saturated heterocycles. The molecule has 1 heterocycles. The van der Waals surface area contributed by atoms with Crippen molar-refractivity contribution in [2.75, 3.05) is 18.5 Å². The molecule has 1 N–H and O–H groups in total. The molecule has 0 aliphatic heterocycles. The van der Waals surface area contributed by atoms with Gasteiger partial charge in [0.05, 0.1) is 18.6 Å². The van der Waals surface area contributed by atoms with Crippen molar-refractivity contribution in [3.8, 4) is 0 Å². The second-order valence-corrected chi connectivity index (χ2v) is 10.0. The molecule has 1 amide bonds. The van der Waals surface area contributed by atoms with Crippen molar-refractivity contribution < 1.29 is 33.0 Å². The maximum atomic E-state index is 13.0. The van der Waals surface area contributed by atoms with Gasteiger partial charge in [-0.25, -0.2) is 9.18 Å². The first kappa shape index (κ1) is 27.2. The minimum absolute atomic E-state index is 0.180. The summed E-state index contributed by atoms with van der Waals surface area (Å²) < 4.78 is 23.2. The van der Waals surface area contributed by atoms with Crippen LogP contribution in [0.4, 0.5) is 9.39 Å². The van der Waals surface area contributed by atoms with E-state index in [2.05, 4.69) is 17.4 Å². The number of carbonyl (C=O) groups is 4. The van der Waals surface area contributed by atoms with Gasteiger partial charge in [0.2, 0.25) is 5.91 Å². The fraction of sp³-hybridized carbons (Fsp3) is 0.310. The fourth-order valence-corrected chi connectivity index (χ4v) is 5.78. The molecule has 1 unspecified atom stereocenters. The Bertz CT molecular complexity index is 1320. The lowest BCUT2D eigenvalue weighted by molar-refractivity contribution is -0.143. The van der Waals surface area contributed by atoms with Gasteiger partial charge in [-0.15, -0.1) is 11.3 Å². The van der Waals surface area contributed by atoms with Crippen molar-refractivity contribution in [3.05, 3.63) is 87.5 Å². The zero-order valence-corrected chi connectivity index (χ0v) is 21.8. The van der Waals surface area contributed by atoms with Crippen LogP contribution in [0.1, 0.15) is 68.8 Å². The number of benzene rings is 2. The number of nitrogens with one attached hydrogen (secondary N) is 1. The number of halogens is 1. The summed E-state index contributed by atoms with van der Waals surface area (Å²) in [5, 5.41) is 3.20. The maximum absolute atomic E-state index is 13.0. The van der Waals surface area contributed by atoms with E-state index in [0.717, 1.165) is 35.4 Å². The van der Waals surface area contributed by atoms with Crippen molar-refractivity contribution in [2.45, 2.75) is 44.9 Å². The standard InChI is InChI=1S/C29H28FNO6S/c1-2-36-29(35)27-22-13-10-20(18-6-4-3-5-7-18)16-24(22)38-28(27)31-25(33)14-15-26(34)37-17-23(32)19-8-11-21(30)12-9-19/h3-9,11-12,20H,2,10,13-17H2,1H3,(H,31,33). The molecule has 0 radical (unpaired) electrons. The molecule has 0 fully saturated rings. The Morgan fingerprint density at radius 1 is 1.00 bits per heavy atom. The number of ketones is 1. The second-order valence-electron chi connectivity index (χ2n) is 8.92. The van der Waals surface area contributed by atoms with Gasteiger partial charge in [-0.3, -0.25) is 14.4 Å². The monoisotopic (exact) mass is 537 g/mol. The second kappa shape index (κ2) is 12.6. The van der Waals surface area contributed by atoms with Crippen molar-refractivity contribution >= 4 is 40.0 Å². The number of fused-ring (bicyclic) bond motifs is 1. The van der Waals surface area contributed by atoms with Crippen LogP contribution in [0.3, 0.4) is 0 Å². The third kappa shape index (κ3) is 6.72. The molecule has 9 heteroatoms. The SMILES string of the molecule is CCOC(=O)c1c(NC(=O)CCC(=O)OCC(=O)c2ccc(F)cc2)sc2c1CCC(c1ccccc1)C2. The number of hydrogen-bond donors (Lipinski definition) is 1. The average Bonchev–Trinajstić information content (AvgIpc) is 3.28. The summed E-state index contributed by atoms with van der Waals surface area (Å²) in [5.74, 6) is -2.25. The quantitative estimate of drug-likeness (QED) is 0.272. The number of rotatable bonds is 10. The number of Topliss-reactive ketones (excluding diaryl/α,β-unsaturated/α-hetero) is 1. The van der Waals surface area contributed by atoms with E-state index in [-0.39, 0.29) is 25.0 Å². The predicted molar refractivity (Wildman–Crippen MR) is 141 cm³/mol. The highest BCUT2D eigenvalue weighted by Crippen LogP contribution is 2.42. The molecule has 0 bridgehead atoms. The maximum Gasteiger partial charge on any atom is 0.341 e. The smallest absolute Gasteiger partial charge is 0.341 e. The molecule has 7 nitrogen and oxygen atoms in total. The van der Waals surface area contributed by atoms with Crippen LogP contribution in [-0.4, -0.2) is 36.8 Å². The molecule has 2 aromatic carbocycles. The Balaban J connectivity index is 1.36. The molecule has 1 aliphatic carbocycles. The Morgan fingerprint density at radius 3 is 2.45 bits per heavy atom. The first-order valence-corrected chi connectivity index (χ1v) is 13.3. The summed E-state index contributed by atoms with van der Waals surface area (Å²) in [6.45, 7) is 1.44. The number of carbonyl (C=O) groups excluding carboxylic acids is 4. The number of hydrogen-bond acceptors (Lipinski definition) is 7. The number of amides is 1. The van der Waals surface area contributed by atoms with Crippen LogP contribution in [0.25, 0.3) is 0 Å². The van der Waals surface area contributed by atoms with Crippen LogP contribution in [0.2, 0.25) is 0 Å². The van der Waals surface area contributed by atoms with E-state index in [0.29, 0.717) is 22.9 Å². The lowest BCUT2D eigenvalue weighted by atomic mass is 9.83. The van der Waals surface area contributed by atoms with E-state index in [1.165, 1.54) is 29.0 Å². The van der Waals surface area contributed by atoms with Crippen molar-refractivity contribution in [3.63, 3.8) is 0 Å². The number of esters is 2. The number of anilines is 1. The van der Waals surface area contributed by atoms with Gasteiger partial charge in [0.25, 0.3) is 0 Å². The van der Waals surface area contributed by atoms with Crippen molar-refractivity contribution in [2.24, 2.45) is 0 Å². The van der Waals surface area contributed by atoms with Crippen LogP contribution in [0.5, 0.6) is 0 Å². The molecule has 1 aromatic heterocycles. The lowest BCUT2D eigenvalue weighted by Crippen LogP contribution is -2.19. The zero-order valence-electron chi connectivity index (χ0n) is 21.0. The molecule has 38 heavy (non-hydrogen) atoms. The van der Waals surface area contributed by atoms with Crippen molar-refractivity contribution in [1.29, 1.82) is 0 Å². The zero-order chi connectivity index (χ0) is 27.1. The Morgan fingerprint density at radius 2 is 1.74 bits per heavy atom. The topological polar surface area (TPSA) is 98.8 Å². The Hall–Kier alpha value is -3.85. The Kier molecular flexibility index (Phi) is 9.02. The van der Waals surface area contributed by atoms with Gasteiger partial charge in [-0.1, -0.05) is 30.3 Å². The molecule has 198 valence electrons. The summed E-state index contributed by atoms with van der Waals surface area (Å²) >= 11 is 1.37. The molecular weight excluding hydrogens is 509 g/mol. The largest absolute Gasteiger partial charge is 0.462 e. The van der Waals surface area contributed by atoms with E-state index in [9.17, 15) is 23.6 Å². The van der Waals surface area contributed by atoms with Crippen LogP contribution in [0.15, 0.2) is 54.6 Å². The van der Waals surface area contributed by atoms with Gasteiger partial charge in [0.1, 0.15) is 10.8 Å². The van der Waals surface area contributed by atoms with Gasteiger partial charge in [-0.05, 0) is 67.5 Å². The molecule has 4 rings (SSSR count). The van der Waals surface area contributed by atoms with E-state index in [1.54, 1.807) is 6.92 Å². The highest BCUT2D eigenvalue weighted by Gasteiger charge is 2.31. The third-order valence-corrected chi connectivity index (χ3v) is 7.53. The van der Waals surface area contributed by atoms with E-state index in [1.807, 2.05) is 18.2 Å². The Labute approximate surface area is 224 Å². The molecule has 1 atom stereocenters. The molecule has 3 aromatic rings. The van der Waals surface area contributed by atoms with Crippen LogP contribution >= 0.6 is 11.3 Å². The number of thiophene rings is 1. The van der Waals surface area contributed by atoms with E-state index < -0.39 is 36.1 Å². The minimum atomic E-state index is -0.711.